The molecule has 2 unspecified atom stereocenters. The van der Waals surface area contributed by atoms with Gasteiger partial charge in [-0.2, -0.15) is 0 Å². The number of hydrogen-bond acceptors (Lipinski definition) is 6. The SMILES string of the molecule is COC(=O)c1c(NC(=O)C(C)Oc2cccc(OC)c2)sc2c1CCC(C(C)(C)C)C2. The summed E-state index contributed by atoms with van der Waals surface area (Å²) in [6.45, 7) is 8.42. The van der Waals surface area contributed by atoms with Gasteiger partial charge in [0.2, 0.25) is 0 Å². The highest BCUT2D eigenvalue weighted by molar-refractivity contribution is 7.17. The molecule has 0 radical (unpaired) electrons. The van der Waals surface area contributed by atoms with Crippen LogP contribution in [0.15, 0.2) is 24.3 Å². The van der Waals surface area contributed by atoms with Crippen LogP contribution in [0.5, 0.6) is 11.5 Å². The average molecular weight is 446 g/mol. The first kappa shape index (κ1) is 23.1. The van der Waals surface area contributed by atoms with E-state index in [9.17, 15) is 9.59 Å². The van der Waals surface area contributed by atoms with Crippen molar-refractivity contribution in [3.63, 3.8) is 0 Å². The predicted molar refractivity (Wildman–Crippen MR) is 122 cm³/mol. The molecule has 2 atom stereocenters. The Morgan fingerprint density at radius 2 is 1.90 bits per heavy atom. The molecule has 6 nitrogen and oxygen atoms in total. The largest absolute Gasteiger partial charge is 0.497 e. The summed E-state index contributed by atoms with van der Waals surface area (Å²) < 4.78 is 16.0. The van der Waals surface area contributed by atoms with Gasteiger partial charge in [-0.15, -0.1) is 11.3 Å². The van der Waals surface area contributed by atoms with Crippen LogP contribution in [0.1, 0.15) is 54.9 Å². The number of hydrogen-bond donors (Lipinski definition) is 1. The first-order chi connectivity index (χ1) is 14.6. The minimum Gasteiger partial charge on any atom is -0.497 e. The minimum absolute atomic E-state index is 0.190. The lowest BCUT2D eigenvalue weighted by Gasteiger charge is -2.33. The molecular weight excluding hydrogens is 414 g/mol. The van der Waals surface area contributed by atoms with Crippen LogP contribution in [-0.4, -0.2) is 32.2 Å². The molecule has 0 fully saturated rings. The van der Waals surface area contributed by atoms with Crippen LogP contribution in [0, 0.1) is 11.3 Å². The Hall–Kier alpha value is -2.54. The molecule has 0 bridgehead atoms. The van der Waals surface area contributed by atoms with E-state index in [4.69, 9.17) is 14.2 Å². The number of ether oxygens (including phenoxy) is 3. The van der Waals surface area contributed by atoms with Gasteiger partial charge in [-0.1, -0.05) is 26.8 Å². The topological polar surface area (TPSA) is 73.9 Å². The number of carbonyl (C=O) groups is 2. The third-order valence-electron chi connectivity index (χ3n) is 5.84. The van der Waals surface area contributed by atoms with Gasteiger partial charge in [0.25, 0.3) is 5.91 Å². The summed E-state index contributed by atoms with van der Waals surface area (Å²) >= 11 is 1.48. The summed E-state index contributed by atoms with van der Waals surface area (Å²) in [6.07, 6.45) is 1.97. The van der Waals surface area contributed by atoms with E-state index in [1.54, 1.807) is 38.3 Å². The van der Waals surface area contributed by atoms with Crippen molar-refractivity contribution in [3.8, 4) is 11.5 Å². The predicted octanol–water partition coefficient (Wildman–Crippen LogP) is 5.10. The molecule has 1 N–H and O–H groups in total. The number of benzene rings is 1. The summed E-state index contributed by atoms with van der Waals surface area (Å²) in [4.78, 5) is 26.6. The second kappa shape index (κ2) is 9.30. The fraction of sp³-hybridized carbons (Fsp3) is 0.500. The lowest BCUT2D eigenvalue weighted by atomic mass is 9.72. The lowest BCUT2D eigenvalue weighted by Crippen LogP contribution is -2.30. The molecule has 168 valence electrons. The van der Waals surface area contributed by atoms with Gasteiger partial charge in [0.15, 0.2) is 6.10 Å². The summed E-state index contributed by atoms with van der Waals surface area (Å²) in [7, 11) is 2.94. The minimum atomic E-state index is -0.751. The highest BCUT2D eigenvalue weighted by atomic mass is 32.1. The summed E-state index contributed by atoms with van der Waals surface area (Å²) in [5.41, 5.74) is 1.68. The lowest BCUT2D eigenvalue weighted by molar-refractivity contribution is -0.122. The fourth-order valence-corrected chi connectivity index (χ4v) is 5.20. The van der Waals surface area contributed by atoms with E-state index in [2.05, 4.69) is 26.1 Å². The van der Waals surface area contributed by atoms with Crippen LogP contribution in [-0.2, 0) is 22.4 Å². The van der Waals surface area contributed by atoms with Crippen molar-refractivity contribution in [2.75, 3.05) is 19.5 Å². The van der Waals surface area contributed by atoms with Crippen LogP contribution in [0.25, 0.3) is 0 Å². The average Bonchev–Trinajstić information content (AvgIpc) is 3.09. The van der Waals surface area contributed by atoms with E-state index >= 15 is 0 Å². The second-order valence-corrected chi connectivity index (χ2v) is 10.0. The monoisotopic (exact) mass is 445 g/mol. The van der Waals surface area contributed by atoms with Gasteiger partial charge in [-0.05, 0) is 55.2 Å². The normalized spacial score (nSPS) is 16.8. The number of anilines is 1. The molecule has 1 heterocycles. The molecule has 0 saturated carbocycles. The van der Waals surface area contributed by atoms with Gasteiger partial charge in [0, 0.05) is 10.9 Å². The van der Waals surface area contributed by atoms with Crippen molar-refractivity contribution < 1.29 is 23.8 Å². The quantitative estimate of drug-likeness (QED) is 0.626. The van der Waals surface area contributed by atoms with E-state index in [1.807, 2.05) is 0 Å². The number of thiophene rings is 1. The van der Waals surface area contributed by atoms with E-state index < -0.39 is 12.1 Å². The molecule has 31 heavy (non-hydrogen) atoms. The standard InChI is InChI=1S/C24H31NO5S/c1-14(30-17-9-7-8-16(13-17)28-5)21(26)25-22-20(23(27)29-6)18-11-10-15(24(2,3)4)12-19(18)31-22/h7-9,13-15H,10-12H2,1-6H3,(H,25,26). The van der Waals surface area contributed by atoms with Crippen molar-refractivity contribution in [1.29, 1.82) is 0 Å². The Balaban J connectivity index is 1.80. The van der Waals surface area contributed by atoms with E-state index in [0.717, 1.165) is 29.7 Å². The highest BCUT2D eigenvalue weighted by Gasteiger charge is 2.34. The Kier molecular flexibility index (Phi) is 6.94. The number of methoxy groups -OCH3 is 2. The van der Waals surface area contributed by atoms with Gasteiger partial charge in [0.1, 0.15) is 16.5 Å². The number of rotatable bonds is 6. The first-order valence-electron chi connectivity index (χ1n) is 10.5. The van der Waals surface area contributed by atoms with E-state index in [0.29, 0.717) is 28.0 Å². The smallest absolute Gasteiger partial charge is 0.341 e. The van der Waals surface area contributed by atoms with Crippen LogP contribution >= 0.6 is 11.3 Å². The van der Waals surface area contributed by atoms with Gasteiger partial charge in [0.05, 0.1) is 19.8 Å². The van der Waals surface area contributed by atoms with Crippen LogP contribution in [0.2, 0.25) is 0 Å². The van der Waals surface area contributed by atoms with Gasteiger partial charge < -0.3 is 19.5 Å². The summed E-state index contributed by atoms with van der Waals surface area (Å²) in [5, 5.41) is 3.45. The van der Waals surface area contributed by atoms with Crippen LogP contribution in [0.4, 0.5) is 5.00 Å². The summed E-state index contributed by atoms with van der Waals surface area (Å²) in [5.74, 6) is 0.983. The molecule has 1 aromatic carbocycles. The maximum absolute atomic E-state index is 12.9. The first-order valence-corrected chi connectivity index (χ1v) is 11.3. The maximum atomic E-state index is 12.9. The molecule has 1 aromatic heterocycles. The van der Waals surface area contributed by atoms with E-state index in [-0.39, 0.29) is 11.3 Å². The van der Waals surface area contributed by atoms with Crippen molar-refractivity contribution >= 4 is 28.2 Å². The van der Waals surface area contributed by atoms with Crippen molar-refractivity contribution in [2.24, 2.45) is 11.3 Å². The zero-order valence-electron chi connectivity index (χ0n) is 19.0. The molecule has 0 spiro atoms. The Morgan fingerprint density at radius 3 is 2.55 bits per heavy atom. The summed E-state index contributed by atoms with van der Waals surface area (Å²) in [6, 6.07) is 7.09. The zero-order valence-corrected chi connectivity index (χ0v) is 19.9. The van der Waals surface area contributed by atoms with Gasteiger partial charge in [-0.3, -0.25) is 4.79 Å². The second-order valence-electron chi connectivity index (χ2n) is 8.93. The molecule has 1 aliphatic carbocycles. The molecule has 3 rings (SSSR count). The molecule has 0 aliphatic heterocycles. The molecule has 1 amide bonds. The fourth-order valence-electron chi connectivity index (χ4n) is 3.88. The Bertz CT molecular complexity index is 959. The highest BCUT2D eigenvalue weighted by Crippen LogP contribution is 2.44. The maximum Gasteiger partial charge on any atom is 0.341 e. The Labute approximate surface area is 187 Å². The molecule has 7 heteroatoms. The Morgan fingerprint density at radius 1 is 1.19 bits per heavy atom. The molecule has 0 saturated heterocycles. The third kappa shape index (κ3) is 5.21. The number of carbonyl (C=O) groups excluding carboxylic acids is 2. The number of fused-ring (bicyclic) bond motifs is 1. The van der Waals surface area contributed by atoms with Crippen molar-refractivity contribution in [3.05, 3.63) is 40.3 Å². The number of nitrogens with one attached hydrogen (secondary N) is 1. The molecular formula is C24H31NO5S. The van der Waals surface area contributed by atoms with Crippen LogP contribution in [0.3, 0.4) is 0 Å². The molecule has 2 aromatic rings. The van der Waals surface area contributed by atoms with Gasteiger partial charge >= 0.3 is 5.97 Å². The van der Waals surface area contributed by atoms with Crippen LogP contribution < -0.4 is 14.8 Å². The van der Waals surface area contributed by atoms with Crippen molar-refractivity contribution in [2.45, 2.75) is 53.1 Å². The van der Waals surface area contributed by atoms with Crippen molar-refractivity contribution in [1.82, 2.24) is 0 Å². The zero-order chi connectivity index (χ0) is 22.8. The molecule has 1 aliphatic rings. The number of esters is 1. The van der Waals surface area contributed by atoms with E-state index in [1.165, 1.54) is 18.4 Å². The third-order valence-corrected chi connectivity index (χ3v) is 7.01. The van der Waals surface area contributed by atoms with Gasteiger partial charge in [-0.25, -0.2) is 4.79 Å². The number of amides is 1.